The molecule has 1 heterocycles. The molecule has 2 nitrogen and oxygen atoms in total. The van der Waals surface area contributed by atoms with Crippen LogP contribution in [0, 0.1) is 5.82 Å². The molecule has 0 spiro atoms. The number of carbonyl (C=O) groups excluding carboxylic acids is 1. The van der Waals surface area contributed by atoms with Crippen LogP contribution < -0.4 is 4.74 Å². The first-order valence-electron chi connectivity index (χ1n) is 6.21. The lowest BCUT2D eigenvalue weighted by Crippen LogP contribution is -2.13. The Balaban J connectivity index is 2.15. The number of hydrogen-bond acceptors (Lipinski definition) is 2. The highest BCUT2D eigenvalue weighted by Gasteiger charge is 2.28. The van der Waals surface area contributed by atoms with Crippen LogP contribution >= 0.6 is 0 Å². The lowest BCUT2D eigenvalue weighted by molar-refractivity contribution is -0.117. The van der Waals surface area contributed by atoms with Crippen molar-refractivity contribution in [1.29, 1.82) is 0 Å². The average molecular weight is 256 g/mol. The number of ketones is 1. The third kappa shape index (κ3) is 2.12. The monoisotopic (exact) mass is 256 g/mol. The maximum absolute atomic E-state index is 13.3. The van der Waals surface area contributed by atoms with Gasteiger partial charge in [0.2, 0.25) is 0 Å². The van der Waals surface area contributed by atoms with Crippen LogP contribution in [0.1, 0.15) is 30.4 Å². The summed E-state index contributed by atoms with van der Waals surface area (Å²) in [6.45, 7) is 1.57. The van der Waals surface area contributed by atoms with Crippen molar-refractivity contribution in [2.75, 3.05) is 0 Å². The summed E-state index contributed by atoms with van der Waals surface area (Å²) in [5, 5.41) is 0. The van der Waals surface area contributed by atoms with Crippen LogP contribution in [0.4, 0.5) is 4.39 Å². The van der Waals surface area contributed by atoms with Gasteiger partial charge in [-0.2, -0.15) is 0 Å². The van der Waals surface area contributed by atoms with E-state index in [0.29, 0.717) is 17.9 Å². The maximum atomic E-state index is 13.3. The molecule has 0 amide bonds. The topological polar surface area (TPSA) is 26.3 Å². The van der Waals surface area contributed by atoms with Crippen molar-refractivity contribution in [3.05, 3.63) is 59.4 Å². The zero-order chi connectivity index (χ0) is 13.4. The third-order valence-electron chi connectivity index (χ3n) is 3.36. The minimum atomic E-state index is -0.334. The Morgan fingerprint density at radius 3 is 2.68 bits per heavy atom. The Labute approximate surface area is 110 Å². The molecule has 2 aromatic rings. The fourth-order valence-corrected chi connectivity index (χ4v) is 2.54. The van der Waals surface area contributed by atoms with E-state index in [2.05, 4.69) is 0 Å². The quantitative estimate of drug-likeness (QED) is 0.810. The highest BCUT2D eigenvalue weighted by Crippen LogP contribution is 2.45. The summed E-state index contributed by atoms with van der Waals surface area (Å²) in [5.74, 6) is 0.923. The molecule has 0 bridgehead atoms. The first-order chi connectivity index (χ1) is 9.15. The number of fused-ring (bicyclic) bond motifs is 2. The smallest absolute Gasteiger partial charge is 0.134 e. The van der Waals surface area contributed by atoms with Crippen LogP contribution in [0.15, 0.2) is 42.5 Å². The van der Waals surface area contributed by atoms with Crippen molar-refractivity contribution in [3.8, 4) is 11.5 Å². The van der Waals surface area contributed by atoms with E-state index in [9.17, 15) is 9.18 Å². The first kappa shape index (κ1) is 11.9. The van der Waals surface area contributed by atoms with Crippen LogP contribution in [0.3, 0.4) is 0 Å². The largest absolute Gasteiger partial charge is 0.457 e. The number of carbonyl (C=O) groups is 1. The fraction of sp³-hybridized carbons (Fsp3) is 0.188. The first-order valence-corrected chi connectivity index (χ1v) is 6.21. The normalized spacial score (nSPS) is 16.2. The van der Waals surface area contributed by atoms with E-state index in [0.717, 1.165) is 11.1 Å². The zero-order valence-electron chi connectivity index (χ0n) is 10.5. The highest BCUT2D eigenvalue weighted by atomic mass is 19.1. The summed E-state index contributed by atoms with van der Waals surface area (Å²) >= 11 is 0. The Morgan fingerprint density at radius 2 is 1.89 bits per heavy atom. The predicted octanol–water partition coefficient (Wildman–Crippen LogP) is 4.04. The van der Waals surface area contributed by atoms with E-state index in [1.807, 2.05) is 24.3 Å². The molecule has 0 aromatic heterocycles. The van der Waals surface area contributed by atoms with Crippen LogP contribution in [0.2, 0.25) is 0 Å². The second-order valence-corrected chi connectivity index (χ2v) is 4.78. The molecule has 1 unspecified atom stereocenters. The molecule has 2 aromatic carbocycles. The molecule has 19 heavy (non-hydrogen) atoms. The average Bonchev–Trinajstić information content (AvgIpc) is 2.37. The number of ether oxygens (including phenoxy) is 1. The molecule has 1 aliphatic rings. The van der Waals surface area contributed by atoms with Gasteiger partial charge in [-0.3, -0.25) is 4.79 Å². The Hall–Kier alpha value is -2.16. The van der Waals surface area contributed by atoms with Crippen LogP contribution in [0.25, 0.3) is 0 Å². The number of Topliss-reactive ketones (excluding diaryl/α,β-unsaturated/α-hetero) is 1. The van der Waals surface area contributed by atoms with Gasteiger partial charge in [0.25, 0.3) is 0 Å². The number of para-hydroxylation sites is 1. The van der Waals surface area contributed by atoms with Crippen LogP contribution in [-0.4, -0.2) is 5.78 Å². The molecule has 3 heteroatoms. The molecule has 0 radical (unpaired) electrons. The van der Waals surface area contributed by atoms with Crippen LogP contribution in [0.5, 0.6) is 11.5 Å². The van der Waals surface area contributed by atoms with E-state index in [-0.39, 0.29) is 17.5 Å². The predicted molar refractivity (Wildman–Crippen MR) is 70.1 cm³/mol. The molecule has 0 saturated carbocycles. The molecule has 0 saturated heterocycles. The Bertz CT molecular complexity index is 649. The summed E-state index contributed by atoms with van der Waals surface area (Å²) < 4.78 is 19.0. The van der Waals surface area contributed by atoms with Crippen molar-refractivity contribution in [1.82, 2.24) is 0 Å². The summed E-state index contributed by atoms with van der Waals surface area (Å²) in [6.07, 6.45) is 0.402. The second kappa shape index (κ2) is 4.50. The van der Waals surface area contributed by atoms with Crippen molar-refractivity contribution in [2.45, 2.75) is 19.3 Å². The maximum Gasteiger partial charge on any atom is 0.134 e. The molecular formula is C16H13FO2. The van der Waals surface area contributed by atoms with Gasteiger partial charge in [0.05, 0.1) is 0 Å². The van der Waals surface area contributed by atoms with Gasteiger partial charge in [-0.25, -0.2) is 4.39 Å². The number of rotatable bonds is 2. The van der Waals surface area contributed by atoms with Crippen molar-refractivity contribution < 1.29 is 13.9 Å². The van der Waals surface area contributed by atoms with E-state index in [4.69, 9.17) is 4.74 Å². The zero-order valence-corrected chi connectivity index (χ0v) is 10.5. The molecular weight excluding hydrogens is 243 g/mol. The van der Waals surface area contributed by atoms with Gasteiger partial charge in [-0.1, -0.05) is 24.3 Å². The summed E-state index contributed by atoms with van der Waals surface area (Å²) in [4.78, 5) is 11.5. The van der Waals surface area contributed by atoms with Gasteiger partial charge >= 0.3 is 0 Å². The molecule has 1 atom stereocenters. The molecule has 0 aliphatic carbocycles. The minimum absolute atomic E-state index is 0.0574. The SMILES string of the molecule is CC(=O)CC1c2ccccc2Oc2cc(F)ccc21. The van der Waals surface area contributed by atoms with Gasteiger partial charge in [-0.15, -0.1) is 0 Å². The van der Waals surface area contributed by atoms with Crippen LogP contribution in [-0.2, 0) is 4.79 Å². The van der Waals surface area contributed by atoms with Crippen molar-refractivity contribution in [2.24, 2.45) is 0 Å². The van der Waals surface area contributed by atoms with Gasteiger partial charge in [0.15, 0.2) is 0 Å². The number of halogens is 1. The van der Waals surface area contributed by atoms with E-state index < -0.39 is 0 Å². The number of hydrogen-bond donors (Lipinski definition) is 0. The molecule has 1 aliphatic heterocycles. The van der Waals surface area contributed by atoms with Gasteiger partial charge in [0.1, 0.15) is 23.1 Å². The third-order valence-corrected chi connectivity index (χ3v) is 3.36. The number of benzene rings is 2. The molecule has 96 valence electrons. The van der Waals surface area contributed by atoms with E-state index >= 15 is 0 Å². The fourth-order valence-electron chi connectivity index (χ4n) is 2.54. The minimum Gasteiger partial charge on any atom is -0.457 e. The Kier molecular flexibility index (Phi) is 2.82. The highest BCUT2D eigenvalue weighted by molar-refractivity contribution is 5.78. The standard InChI is InChI=1S/C16H13FO2/c1-10(18)8-14-12-4-2-3-5-15(12)19-16-9-11(17)6-7-13(14)16/h2-7,9,14H,8H2,1H3. The van der Waals surface area contributed by atoms with Crippen molar-refractivity contribution in [3.63, 3.8) is 0 Å². The van der Waals surface area contributed by atoms with E-state index in [1.165, 1.54) is 12.1 Å². The molecule has 3 rings (SSSR count). The lowest BCUT2D eigenvalue weighted by atomic mass is 9.84. The van der Waals surface area contributed by atoms with Gasteiger partial charge in [0, 0.05) is 29.5 Å². The summed E-state index contributed by atoms with van der Waals surface area (Å²) in [7, 11) is 0. The van der Waals surface area contributed by atoms with E-state index in [1.54, 1.807) is 13.0 Å². The summed E-state index contributed by atoms with van der Waals surface area (Å²) in [6, 6.07) is 12.1. The lowest BCUT2D eigenvalue weighted by Gasteiger charge is -2.27. The van der Waals surface area contributed by atoms with Gasteiger partial charge in [-0.05, 0) is 19.1 Å². The Morgan fingerprint density at radius 1 is 1.16 bits per heavy atom. The molecule has 0 N–H and O–H groups in total. The summed E-state index contributed by atoms with van der Waals surface area (Å²) in [5.41, 5.74) is 1.85. The molecule has 0 fully saturated rings. The van der Waals surface area contributed by atoms with Gasteiger partial charge < -0.3 is 4.74 Å². The van der Waals surface area contributed by atoms with Crippen molar-refractivity contribution >= 4 is 5.78 Å². The second-order valence-electron chi connectivity index (χ2n) is 4.78.